The molecule has 0 amide bonds. The average Bonchev–Trinajstić information content (AvgIpc) is 2.25. The van der Waals surface area contributed by atoms with E-state index in [0.717, 1.165) is 0 Å². The zero-order chi connectivity index (χ0) is 13.0. The first-order chi connectivity index (χ1) is 7.97. The zero-order valence-electron chi connectivity index (χ0n) is 9.10. The molecule has 7 heteroatoms. The Morgan fingerprint density at radius 1 is 1.59 bits per heavy atom. The summed E-state index contributed by atoms with van der Waals surface area (Å²) in [6.45, 7) is 1.99. The summed E-state index contributed by atoms with van der Waals surface area (Å²) in [6.07, 6.45) is -0.00370. The number of rotatable bonds is 4. The number of nitrogens with zero attached hydrogens (tertiary/aromatic N) is 1. The van der Waals surface area contributed by atoms with Crippen LogP contribution < -0.4 is 5.73 Å². The number of hydrogen-bond acceptors (Lipinski definition) is 5. The van der Waals surface area contributed by atoms with Crippen molar-refractivity contribution in [1.29, 1.82) is 0 Å². The molecule has 1 rings (SSSR count). The maximum atomic E-state index is 11.3. The van der Waals surface area contributed by atoms with Crippen molar-refractivity contribution in [2.75, 3.05) is 12.3 Å². The number of nitrogen functional groups attached to an aromatic ring is 1. The molecule has 0 fully saturated rings. The van der Waals surface area contributed by atoms with E-state index in [2.05, 4.69) is 15.9 Å². The molecule has 0 radical (unpaired) electrons. The number of nitrogens with two attached hydrogens (primary N) is 1. The number of anilines is 1. The Hall–Kier alpha value is -1.63. The number of carbonyl (C=O) groups is 1. The van der Waals surface area contributed by atoms with Crippen molar-refractivity contribution in [2.24, 2.45) is 0 Å². The molecular formula is C10H11BrN2O4. The topological polar surface area (TPSA) is 95.5 Å². The minimum Gasteiger partial charge on any atom is -0.466 e. The van der Waals surface area contributed by atoms with Crippen LogP contribution in [-0.4, -0.2) is 17.5 Å². The Balaban J connectivity index is 3.00. The first-order valence-corrected chi connectivity index (χ1v) is 5.63. The summed E-state index contributed by atoms with van der Waals surface area (Å²) >= 11 is 3.04. The summed E-state index contributed by atoms with van der Waals surface area (Å²) in [5.74, 6) is -0.417. The van der Waals surface area contributed by atoms with Crippen LogP contribution in [0.1, 0.15) is 12.5 Å². The quantitative estimate of drug-likeness (QED) is 0.397. The van der Waals surface area contributed by atoms with E-state index >= 15 is 0 Å². The third kappa shape index (κ3) is 3.16. The van der Waals surface area contributed by atoms with Crippen molar-refractivity contribution in [2.45, 2.75) is 13.3 Å². The monoisotopic (exact) mass is 302 g/mol. The summed E-state index contributed by atoms with van der Waals surface area (Å²) < 4.78 is 4.96. The highest BCUT2D eigenvalue weighted by molar-refractivity contribution is 9.10. The summed E-state index contributed by atoms with van der Waals surface area (Å²) in [5, 5.41) is 10.6. The summed E-state index contributed by atoms with van der Waals surface area (Å²) in [4.78, 5) is 21.4. The standard InChI is InChI=1S/C10H11BrN2O4/c1-2-17-8(14)5-6-3-4-7(13(15)16)9(11)10(6)12/h3-4H,2,5,12H2,1H3. The Morgan fingerprint density at radius 2 is 2.24 bits per heavy atom. The first kappa shape index (κ1) is 13.4. The molecule has 2 N–H and O–H groups in total. The van der Waals surface area contributed by atoms with Crippen LogP contribution in [0.4, 0.5) is 11.4 Å². The molecule has 0 unspecified atom stereocenters. The van der Waals surface area contributed by atoms with E-state index in [-0.39, 0.29) is 28.9 Å². The van der Waals surface area contributed by atoms with E-state index in [1.54, 1.807) is 6.92 Å². The fraction of sp³-hybridized carbons (Fsp3) is 0.300. The normalized spacial score (nSPS) is 10.0. The van der Waals surface area contributed by atoms with Gasteiger partial charge >= 0.3 is 5.97 Å². The number of carbonyl (C=O) groups excluding carboxylic acids is 1. The highest BCUT2D eigenvalue weighted by Crippen LogP contribution is 2.33. The Labute approximate surface area is 106 Å². The van der Waals surface area contributed by atoms with Crippen molar-refractivity contribution in [3.8, 4) is 0 Å². The van der Waals surface area contributed by atoms with Gasteiger partial charge in [0, 0.05) is 6.07 Å². The molecule has 0 spiro atoms. The smallest absolute Gasteiger partial charge is 0.310 e. The molecule has 1 aromatic rings. The molecule has 0 bridgehead atoms. The molecule has 0 aliphatic rings. The molecule has 17 heavy (non-hydrogen) atoms. The number of ether oxygens (including phenoxy) is 1. The van der Waals surface area contributed by atoms with Crippen molar-refractivity contribution in [3.63, 3.8) is 0 Å². The molecule has 6 nitrogen and oxygen atoms in total. The molecule has 0 aliphatic carbocycles. The highest BCUT2D eigenvalue weighted by atomic mass is 79.9. The summed E-state index contributed by atoms with van der Waals surface area (Å²) in [6, 6.07) is 2.75. The van der Waals surface area contributed by atoms with Crippen LogP contribution in [0.2, 0.25) is 0 Å². The Morgan fingerprint density at radius 3 is 2.76 bits per heavy atom. The zero-order valence-corrected chi connectivity index (χ0v) is 10.7. The predicted octanol–water partition coefficient (Wildman–Crippen LogP) is 2.05. The minimum absolute atomic E-state index is 0.00370. The second-order valence-electron chi connectivity index (χ2n) is 3.21. The summed E-state index contributed by atoms with van der Waals surface area (Å²) in [5.41, 5.74) is 6.27. The molecule has 0 heterocycles. The van der Waals surface area contributed by atoms with E-state index in [4.69, 9.17) is 10.5 Å². The fourth-order valence-corrected chi connectivity index (χ4v) is 1.82. The van der Waals surface area contributed by atoms with Crippen LogP contribution in [0, 0.1) is 10.1 Å². The van der Waals surface area contributed by atoms with Crippen molar-refractivity contribution >= 4 is 33.3 Å². The van der Waals surface area contributed by atoms with Crippen LogP contribution in [0.5, 0.6) is 0 Å². The number of esters is 1. The van der Waals surface area contributed by atoms with Gasteiger partial charge in [-0.25, -0.2) is 0 Å². The van der Waals surface area contributed by atoms with Gasteiger partial charge < -0.3 is 10.5 Å². The highest BCUT2D eigenvalue weighted by Gasteiger charge is 2.18. The van der Waals surface area contributed by atoms with E-state index in [1.165, 1.54) is 12.1 Å². The number of nitro benzene ring substituents is 1. The lowest BCUT2D eigenvalue weighted by Gasteiger charge is -2.07. The fourth-order valence-electron chi connectivity index (χ4n) is 1.28. The van der Waals surface area contributed by atoms with Gasteiger partial charge in [0.25, 0.3) is 5.69 Å². The minimum atomic E-state index is -0.547. The second kappa shape index (κ2) is 5.62. The number of hydrogen-bond donors (Lipinski definition) is 1. The van der Waals surface area contributed by atoms with E-state index < -0.39 is 10.9 Å². The second-order valence-corrected chi connectivity index (χ2v) is 4.00. The molecule has 0 aliphatic heterocycles. The third-order valence-electron chi connectivity index (χ3n) is 2.09. The van der Waals surface area contributed by atoms with E-state index in [9.17, 15) is 14.9 Å². The predicted molar refractivity (Wildman–Crippen MR) is 65.5 cm³/mol. The SMILES string of the molecule is CCOC(=O)Cc1ccc([N+](=O)[O-])c(Br)c1N. The van der Waals surface area contributed by atoms with Gasteiger partial charge in [0.2, 0.25) is 0 Å². The summed E-state index contributed by atoms with van der Waals surface area (Å²) in [7, 11) is 0. The van der Waals surface area contributed by atoms with Crippen molar-refractivity contribution in [1.82, 2.24) is 0 Å². The largest absolute Gasteiger partial charge is 0.466 e. The van der Waals surface area contributed by atoms with Gasteiger partial charge in [-0.15, -0.1) is 0 Å². The lowest BCUT2D eigenvalue weighted by molar-refractivity contribution is -0.385. The molecule has 0 aromatic heterocycles. The van der Waals surface area contributed by atoms with Crippen LogP contribution in [0.25, 0.3) is 0 Å². The molecule has 0 saturated carbocycles. The molecule has 0 saturated heterocycles. The molecular weight excluding hydrogens is 292 g/mol. The van der Waals surface area contributed by atoms with Crippen molar-refractivity contribution in [3.05, 3.63) is 32.3 Å². The Bertz CT molecular complexity index is 462. The van der Waals surface area contributed by atoms with Gasteiger partial charge in [-0.05, 0) is 34.5 Å². The van der Waals surface area contributed by atoms with Crippen LogP contribution in [0.3, 0.4) is 0 Å². The molecule has 1 aromatic carbocycles. The van der Waals surface area contributed by atoms with E-state index in [0.29, 0.717) is 5.56 Å². The molecule has 92 valence electrons. The third-order valence-corrected chi connectivity index (χ3v) is 2.92. The van der Waals surface area contributed by atoms with E-state index in [1.807, 2.05) is 0 Å². The van der Waals surface area contributed by atoms with Gasteiger partial charge in [-0.3, -0.25) is 14.9 Å². The number of nitro groups is 1. The van der Waals surface area contributed by atoms with Crippen LogP contribution >= 0.6 is 15.9 Å². The van der Waals surface area contributed by atoms with Crippen LogP contribution in [0.15, 0.2) is 16.6 Å². The lowest BCUT2D eigenvalue weighted by atomic mass is 10.1. The van der Waals surface area contributed by atoms with Gasteiger partial charge in [0.15, 0.2) is 0 Å². The maximum Gasteiger partial charge on any atom is 0.310 e. The van der Waals surface area contributed by atoms with Gasteiger partial charge in [0.1, 0.15) is 4.47 Å². The maximum absolute atomic E-state index is 11.3. The number of halogens is 1. The van der Waals surface area contributed by atoms with Gasteiger partial charge in [0.05, 0.1) is 23.6 Å². The number of benzene rings is 1. The average molecular weight is 303 g/mol. The Kier molecular flexibility index (Phi) is 4.45. The lowest BCUT2D eigenvalue weighted by Crippen LogP contribution is -2.09. The van der Waals surface area contributed by atoms with Crippen molar-refractivity contribution < 1.29 is 14.5 Å². The first-order valence-electron chi connectivity index (χ1n) is 4.84. The van der Waals surface area contributed by atoms with Gasteiger partial charge in [-0.2, -0.15) is 0 Å². The van der Waals surface area contributed by atoms with Gasteiger partial charge in [-0.1, -0.05) is 0 Å². The van der Waals surface area contributed by atoms with Crippen LogP contribution in [-0.2, 0) is 16.0 Å². The molecule has 0 atom stereocenters.